The van der Waals surface area contributed by atoms with Crippen LogP contribution in [-0.4, -0.2) is 19.0 Å². The maximum atomic E-state index is 11.2. The van der Waals surface area contributed by atoms with Crippen molar-refractivity contribution >= 4 is 11.6 Å². The van der Waals surface area contributed by atoms with Crippen molar-refractivity contribution in [3.8, 4) is 0 Å². The standard InChI is InChI=1S/C12H19N3O/c1-3-11(12(14)16)15(2)10-6-4-9(8-13)5-7-10/h4-7,11H,3,8,13H2,1-2H3,(H2,14,16). The van der Waals surface area contributed by atoms with Gasteiger partial charge in [-0.05, 0) is 24.1 Å². The van der Waals surface area contributed by atoms with Gasteiger partial charge in [0.05, 0.1) is 0 Å². The van der Waals surface area contributed by atoms with Gasteiger partial charge in [0.15, 0.2) is 0 Å². The number of rotatable bonds is 5. The number of anilines is 1. The molecular formula is C12H19N3O. The minimum atomic E-state index is -0.298. The lowest BCUT2D eigenvalue weighted by Gasteiger charge is -2.26. The monoisotopic (exact) mass is 221 g/mol. The van der Waals surface area contributed by atoms with Crippen LogP contribution in [-0.2, 0) is 11.3 Å². The molecule has 0 aliphatic rings. The highest BCUT2D eigenvalue weighted by atomic mass is 16.1. The zero-order valence-electron chi connectivity index (χ0n) is 9.81. The fraction of sp³-hybridized carbons (Fsp3) is 0.417. The molecule has 0 aromatic heterocycles. The van der Waals surface area contributed by atoms with Gasteiger partial charge in [-0.1, -0.05) is 19.1 Å². The first kappa shape index (κ1) is 12.5. The predicted octanol–water partition coefficient (Wildman–Crippen LogP) is 0.845. The Kier molecular flexibility index (Phi) is 4.31. The van der Waals surface area contributed by atoms with E-state index >= 15 is 0 Å². The number of hydrogen-bond donors (Lipinski definition) is 2. The van der Waals surface area contributed by atoms with Crippen LogP contribution >= 0.6 is 0 Å². The molecule has 0 radical (unpaired) electrons. The molecule has 4 heteroatoms. The largest absolute Gasteiger partial charge is 0.368 e. The van der Waals surface area contributed by atoms with E-state index in [2.05, 4.69) is 0 Å². The number of primary amides is 1. The highest BCUT2D eigenvalue weighted by Gasteiger charge is 2.18. The zero-order chi connectivity index (χ0) is 12.1. The average molecular weight is 221 g/mol. The average Bonchev–Trinajstić information content (AvgIpc) is 2.29. The molecule has 16 heavy (non-hydrogen) atoms. The zero-order valence-corrected chi connectivity index (χ0v) is 9.81. The molecule has 1 rings (SSSR count). The third-order valence-electron chi connectivity index (χ3n) is 2.76. The number of benzene rings is 1. The molecule has 0 fully saturated rings. The number of hydrogen-bond acceptors (Lipinski definition) is 3. The van der Waals surface area contributed by atoms with Crippen molar-refractivity contribution in [1.29, 1.82) is 0 Å². The van der Waals surface area contributed by atoms with Crippen LogP contribution in [0.15, 0.2) is 24.3 Å². The Bertz CT molecular complexity index is 348. The van der Waals surface area contributed by atoms with Crippen molar-refractivity contribution in [2.24, 2.45) is 11.5 Å². The first-order valence-electron chi connectivity index (χ1n) is 5.41. The van der Waals surface area contributed by atoms with E-state index in [-0.39, 0.29) is 11.9 Å². The molecule has 4 nitrogen and oxygen atoms in total. The Morgan fingerprint density at radius 3 is 2.31 bits per heavy atom. The Morgan fingerprint density at radius 2 is 1.94 bits per heavy atom. The number of amides is 1. The summed E-state index contributed by atoms with van der Waals surface area (Å²) in [6.07, 6.45) is 0.699. The van der Waals surface area contributed by atoms with Crippen LogP contribution in [0.1, 0.15) is 18.9 Å². The molecular weight excluding hydrogens is 202 g/mol. The molecule has 0 aliphatic heterocycles. The molecule has 0 aliphatic carbocycles. The van der Waals surface area contributed by atoms with Gasteiger partial charge >= 0.3 is 0 Å². The van der Waals surface area contributed by atoms with Gasteiger partial charge in [0.1, 0.15) is 6.04 Å². The molecule has 1 atom stereocenters. The molecule has 88 valence electrons. The van der Waals surface area contributed by atoms with E-state index in [4.69, 9.17) is 11.5 Å². The minimum absolute atomic E-state index is 0.260. The predicted molar refractivity (Wildman–Crippen MR) is 66.0 cm³/mol. The van der Waals surface area contributed by atoms with E-state index < -0.39 is 0 Å². The van der Waals surface area contributed by atoms with Gasteiger partial charge in [0, 0.05) is 19.3 Å². The molecule has 1 unspecified atom stereocenters. The molecule has 4 N–H and O–H groups in total. The summed E-state index contributed by atoms with van der Waals surface area (Å²) in [5, 5.41) is 0. The van der Waals surface area contributed by atoms with Crippen molar-refractivity contribution in [2.75, 3.05) is 11.9 Å². The van der Waals surface area contributed by atoms with E-state index in [1.807, 2.05) is 43.1 Å². The van der Waals surface area contributed by atoms with Crippen molar-refractivity contribution in [3.63, 3.8) is 0 Å². The number of carbonyl (C=O) groups is 1. The van der Waals surface area contributed by atoms with E-state index in [0.29, 0.717) is 13.0 Å². The van der Waals surface area contributed by atoms with Gasteiger partial charge in [0.25, 0.3) is 0 Å². The van der Waals surface area contributed by atoms with E-state index in [1.165, 1.54) is 0 Å². The lowest BCUT2D eigenvalue weighted by molar-refractivity contribution is -0.119. The van der Waals surface area contributed by atoms with Crippen LogP contribution in [0.4, 0.5) is 5.69 Å². The molecule has 1 aromatic rings. The second kappa shape index (κ2) is 5.51. The SMILES string of the molecule is CCC(C(N)=O)N(C)c1ccc(CN)cc1. The first-order chi connectivity index (χ1) is 7.60. The second-order valence-electron chi connectivity index (χ2n) is 3.81. The van der Waals surface area contributed by atoms with Crippen molar-refractivity contribution in [1.82, 2.24) is 0 Å². The Balaban J connectivity index is 2.86. The van der Waals surface area contributed by atoms with E-state index in [1.54, 1.807) is 0 Å². The Morgan fingerprint density at radius 1 is 1.38 bits per heavy atom. The van der Waals surface area contributed by atoms with Crippen molar-refractivity contribution < 1.29 is 4.79 Å². The topological polar surface area (TPSA) is 72.4 Å². The fourth-order valence-electron chi connectivity index (χ4n) is 1.71. The molecule has 0 saturated carbocycles. The summed E-state index contributed by atoms with van der Waals surface area (Å²) in [6.45, 7) is 2.47. The molecule has 0 heterocycles. The summed E-state index contributed by atoms with van der Waals surface area (Å²) in [7, 11) is 1.87. The van der Waals surface area contributed by atoms with Crippen LogP contribution in [0.25, 0.3) is 0 Å². The molecule has 1 amide bonds. The Hall–Kier alpha value is -1.55. The smallest absolute Gasteiger partial charge is 0.240 e. The van der Waals surface area contributed by atoms with Gasteiger partial charge in [-0.3, -0.25) is 4.79 Å². The maximum Gasteiger partial charge on any atom is 0.240 e. The summed E-state index contributed by atoms with van der Waals surface area (Å²) < 4.78 is 0. The third-order valence-corrected chi connectivity index (χ3v) is 2.76. The number of carbonyl (C=O) groups excluding carboxylic acids is 1. The quantitative estimate of drug-likeness (QED) is 0.774. The third kappa shape index (κ3) is 2.73. The molecule has 0 bridgehead atoms. The van der Waals surface area contributed by atoms with Gasteiger partial charge in [-0.15, -0.1) is 0 Å². The molecule has 0 spiro atoms. The summed E-state index contributed by atoms with van der Waals surface area (Å²) >= 11 is 0. The number of likely N-dealkylation sites (N-methyl/N-ethyl adjacent to an activating group) is 1. The van der Waals surface area contributed by atoms with Gasteiger partial charge in [-0.2, -0.15) is 0 Å². The van der Waals surface area contributed by atoms with Crippen LogP contribution in [0.5, 0.6) is 0 Å². The summed E-state index contributed by atoms with van der Waals surface area (Å²) in [6, 6.07) is 7.56. The van der Waals surface area contributed by atoms with Gasteiger partial charge in [-0.25, -0.2) is 0 Å². The first-order valence-corrected chi connectivity index (χ1v) is 5.41. The fourth-order valence-corrected chi connectivity index (χ4v) is 1.71. The van der Waals surface area contributed by atoms with Crippen molar-refractivity contribution in [3.05, 3.63) is 29.8 Å². The van der Waals surface area contributed by atoms with Gasteiger partial charge < -0.3 is 16.4 Å². The van der Waals surface area contributed by atoms with Crippen molar-refractivity contribution in [2.45, 2.75) is 25.9 Å². The van der Waals surface area contributed by atoms with Crippen LogP contribution < -0.4 is 16.4 Å². The molecule has 1 aromatic carbocycles. The van der Waals surface area contributed by atoms with Crippen LogP contribution in [0.2, 0.25) is 0 Å². The Labute approximate surface area is 96.2 Å². The maximum absolute atomic E-state index is 11.2. The van der Waals surface area contributed by atoms with Crippen LogP contribution in [0.3, 0.4) is 0 Å². The number of nitrogens with zero attached hydrogens (tertiary/aromatic N) is 1. The normalized spacial score (nSPS) is 12.2. The number of nitrogens with two attached hydrogens (primary N) is 2. The summed E-state index contributed by atoms with van der Waals surface area (Å²) in [5.41, 5.74) is 12.9. The minimum Gasteiger partial charge on any atom is -0.368 e. The summed E-state index contributed by atoms with van der Waals surface area (Å²) in [5.74, 6) is -0.298. The van der Waals surface area contributed by atoms with E-state index in [0.717, 1.165) is 11.3 Å². The molecule has 0 saturated heterocycles. The van der Waals surface area contributed by atoms with E-state index in [9.17, 15) is 4.79 Å². The van der Waals surface area contributed by atoms with Crippen LogP contribution in [0, 0.1) is 0 Å². The lowest BCUT2D eigenvalue weighted by Crippen LogP contribution is -2.42. The summed E-state index contributed by atoms with van der Waals surface area (Å²) in [4.78, 5) is 13.1. The highest BCUT2D eigenvalue weighted by molar-refractivity contribution is 5.83. The highest BCUT2D eigenvalue weighted by Crippen LogP contribution is 2.17. The second-order valence-corrected chi connectivity index (χ2v) is 3.81. The van der Waals surface area contributed by atoms with Gasteiger partial charge in [0.2, 0.25) is 5.91 Å². The lowest BCUT2D eigenvalue weighted by atomic mass is 10.1.